The van der Waals surface area contributed by atoms with Crippen molar-refractivity contribution in [2.75, 3.05) is 27.4 Å². The number of methoxy groups -OCH3 is 2. The van der Waals surface area contributed by atoms with Crippen LogP contribution >= 0.6 is 0 Å². The molecule has 4 rings (SSSR count). The normalized spacial score (nSPS) is 16.2. The largest absolute Gasteiger partial charge is 0.494 e. The van der Waals surface area contributed by atoms with E-state index < -0.39 is 0 Å². The first-order valence-corrected chi connectivity index (χ1v) is 9.39. The lowest BCUT2D eigenvalue weighted by Gasteiger charge is -2.27. The van der Waals surface area contributed by atoms with Crippen LogP contribution in [-0.2, 0) is 6.42 Å². The second-order valence-corrected chi connectivity index (χ2v) is 6.86. The maximum Gasteiger partial charge on any atom is 0.161 e. The first-order valence-electron chi connectivity index (χ1n) is 9.39. The molecule has 0 fully saturated rings. The molecule has 2 aromatic carbocycles. The number of hydrogen-bond acceptors (Lipinski definition) is 4. The highest BCUT2D eigenvalue weighted by Gasteiger charge is 2.27. The van der Waals surface area contributed by atoms with Gasteiger partial charge in [0.25, 0.3) is 0 Å². The van der Waals surface area contributed by atoms with Gasteiger partial charge in [0.15, 0.2) is 11.5 Å². The van der Waals surface area contributed by atoms with E-state index in [9.17, 15) is 0 Å². The van der Waals surface area contributed by atoms with E-state index >= 15 is 0 Å². The summed E-state index contributed by atoms with van der Waals surface area (Å²) in [5, 5.41) is 4.91. The minimum atomic E-state index is 0.0940. The van der Waals surface area contributed by atoms with Crippen LogP contribution in [-0.4, -0.2) is 32.4 Å². The average Bonchev–Trinajstić information content (AvgIpc) is 3.06. The van der Waals surface area contributed by atoms with Crippen LogP contribution in [0.15, 0.2) is 30.3 Å². The van der Waals surface area contributed by atoms with Crippen LogP contribution in [0.4, 0.5) is 0 Å². The summed E-state index contributed by atoms with van der Waals surface area (Å²) in [7, 11) is 3.34. The smallest absolute Gasteiger partial charge is 0.161 e. The van der Waals surface area contributed by atoms with Crippen molar-refractivity contribution in [1.29, 1.82) is 0 Å². The molecule has 3 aromatic rings. The third-order valence-corrected chi connectivity index (χ3v) is 5.32. The van der Waals surface area contributed by atoms with Gasteiger partial charge in [-0.3, -0.25) is 0 Å². The Morgan fingerprint density at radius 3 is 2.59 bits per heavy atom. The minimum Gasteiger partial charge on any atom is -0.494 e. The molecule has 0 saturated carbocycles. The quantitative estimate of drug-likeness (QED) is 0.713. The molecule has 1 aliphatic rings. The van der Waals surface area contributed by atoms with E-state index in [1.165, 1.54) is 27.8 Å². The van der Waals surface area contributed by atoms with Gasteiger partial charge in [0, 0.05) is 23.1 Å². The molecule has 1 atom stereocenters. The Hall–Kier alpha value is -2.66. The fourth-order valence-electron chi connectivity index (χ4n) is 4.04. The number of H-pyrrole nitrogens is 1. The molecule has 0 amide bonds. The molecule has 1 aliphatic heterocycles. The standard InChI is InChI=1S/C22H26N2O3/c1-5-27-14-6-7-18-17(11-14)15-8-9-23-21(22(15)24-18)16-12-20(26-4)19(25-3)10-13(16)2/h6-7,10-12,21,23-24H,5,8-9H2,1-4H3. The number of rotatable bonds is 5. The summed E-state index contributed by atoms with van der Waals surface area (Å²) in [5.41, 5.74) is 6.11. The number of hydrogen-bond donors (Lipinski definition) is 2. The highest BCUT2D eigenvalue weighted by molar-refractivity contribution is 5.86. The highest BCUT2D eigenvalue weighted by atomic mass is 16.5. The number of aromatic nitrogens is 1. The summed E-state index contributed by atoms with van der Waals surface area (Å²) in [6.45, 7) is 5.73. The van der Waals surface area contributed by atoms with Gasteiger partial charge in [-0.05, 0) is 67.3 Å². The molecule has 5 heteroatoms. The van der Waals surface area contributed by atoms with Crippen LogP contribution in [0.1, 0.15) is 35.3 Å². The predicted octanol–water partition coefficient (Wildman–Crippen LogP) is 4.13. The van der Waals surface area contributed by atoms with Crippen molar-refractivity contribution in [3.8, 4) is 17.2 Å². The van der Waals surface area contributed by atoms with Crippen LogP contribution in [0.5, 0.6) is 17.2 Å². The second kappa shape index (κ2) is 7.16. The van der Waals surface area contributed by atoms with Gasteiger partial charge >= 0.3 is 0 Å². The Bertz CT molecular complexity index is 977. The van der Waals surface area contributed by atoms with E-state index in [-0.39, 0.29) is 6.04 Å². The van der Waals surface area contributed by atoms with E-state index in [1.807, 2.05) is 19.1 Å². The number of fused-ring (bicyclic) bond motifs is 3. The number of benzene rings is 2. The van der Waals surface area contributed by atoms with E-state index in [0.29, 0.717) is 6.61 Å². The highest BCUT2D eigenvalue weighted by Crippen LogP contribution is 2.39. The molecule has 1 unspecified atom stereocenters. The van der Waals surface area contributed by atoms with Gasteiger partial charge in [-0.2, -0.15) is 0 Å². The monoisotopic (exact) mass is 366 g/mol. The second-order valence-electron chi connectivity index (χ2n) is 6.86. The van der Waals surface area contributed by atoms with E-state index in [2.05, 4.69) is 35.4 Å². The van der Waals surface area contributed by atoms with Gasteiger partial charge in [0.2, 0.25) is 0 Å². The zero-order valence-electron chi connectivity index (χ0n) is 16.3. The Kier molecular flexibility index (Phi) is 4.70. The van der Waals surface area contributed by atoms with Crippen LogP contribution in [0, 0.1) is 6.92 Å². The fourth-order valence-corrected chi connectivity index (χ4v) is 4.04. The molecular weight excluding hydrogens is 340 g/mol. The molecule has 0 saturated heterocycles. The molecule has 0 aliphatic carbocycles. The lowest BCUT2D eigenvalue weighted by atomic mass is 9.91. The summed E-state index contributed by atoms with van der Waals surface area (Å²) in [4.78, 5) is 3.64. The van der Waals surface area contributed by atoms with Crippen molar-refractivity contribution >= 4 is 10.9 Å². The summed E-state index contributed by atoms with van der Waals surface area (Å²) >= 11 is 0. The molecule has 2 heterocycles. The molecule has 142 valence electrons. The lowest BCUT2D eigenvalue weighted by molar-refractivity contribution is 0.340. The van der Waals surface area contributed by atoms with E-state index in [4.69, 9.17) is 14.2 Å². The zero-order valence-corrected chi connectivity index (χ0v) is 16.3. The Morgan fingerprint density at radius 2 is 1.85 bits per heavy atom. The molecule has 5 nitrogen and oxygen atoms in total. The van der Waals surface area contributed by atoms with Crippen LogP contribution in [0.25, 0.3) is 10.9 Å². The SMILES string of the molecule is CCOc1ccc2[nH]c3c(c2c1)CCNC3c1cc(OC)c(OC)cc1C. The van der Waals surface area contributed by atoms with Crippen molar-refractivity contribution in [3.63, 3.8) is 0 Å². The van der Waals surface area contributed by atoms with Crippen molar-refractivity contribution in [2.24, 2.45) is 0 Å². The number of aromatic amines is 1. The number of ether oxygens (including phenoxy) is 3. The van der Waals surface area contributed by atoms with Crippen LogP contribution < -0.4 is 19.5 Å². The fraction of sp³-hybridized carbons (Fsp3) is 0.364. The average molecular weight is 366 g/mol. The summed E-state index contributed by atoms with van der Waals surface area (Å²) < 4.78 is 16.7. The van der Waals surface area contributed by atoms with Gasteiger partial charge in [0.05, 0.1) is 26.9 Å². The number of nitrogens with one attached hydrogen (secondary N) is 2. The Morgan fingerprint density at radius 1 is 1.07 bits per heavy atom. The third kappa shape index (κ3) is 3.02. The molecular formula is C22H26N2O3. The van der Waals surface area contributed by atoms with E-state index in [1.54, 1.807) is 14.2 Å². The van der Waals surface area contributed by atoms with E-state index in [0.717, 1.165) is 35.7 Å². The van der Waals surface area contributed by atoms with Gasteiger partial charge in [0.1, 0.15) is 5.75 Å². The molecule has 1 aromatic heterocycles. The molecule has 27 heavy (non-hydrogen) atoms. The number of aryl methyl sites for hydroxylation is 1. The maximum absolute atomic E-state index is 5.70. The molecule has 0 radical (unpaired) electrons. The van der Waals surface area contributed by atoms with Crippen LogP contribution in [0.3, 0.4) is 0 Å². The van der Waals surface area contributed by atoms with Gasteiger partial charge in [-0.15, -0.1) is 0 Å². The maximum atomic E-state index is 5.70. The summed E-state index contributed by atoms with van der Waals surface area (Å²) in [6, 6.07) is 10.5. The molecule has 2 N–H and O–H groups in total. The van der Waals surface area contributed by atoms with Crippen molar-refractivity contribution in [1.82, 2.24) is 10.3 Å². The van der Waals surface area contributed by atoms with Crippen molar-refractivity contribution in [2.45, 2.75) is 26.3 Å². The summed E-state index contributed by atoms with van der Waals surface area (Å²) in [6.07, 6.45) is 0.994. The molecule has 0 bridgehead atoms. The first kappa shape index (κ1) is 17.7. The molecule has 0 spiro atoms. The van der Waals surface area contributed by atoms with Crippen molar-refractivity contribution in [3.05, 3.63) is 52.7 Å². The Labute approximate surface area is 159 Å². The minimum absolute atomic E-state index is 0.0940. The van der Waals surface area contributed by atoms with Gasteiger partial charge < -0.3 is 24.5 Å². The van der Waals surface area contributed by atoms with Crippen LogP contribution in [0.2, 0.25) is 0 Å². The van der Waals surface area contributed by atoms with Crippen molar-refractivity contribution < 1.29 is 14.2 Å². The first-order chi connectivity index (χ1) is 13.2. The summed E-state index contributed by atoms with van der Waals surface area (Å²) in [5.74, 6) is 2.43. The topological polar surface area (TPSA) is 55.5 Å². The Balaban J connectivity index is 1.83. The zero-order chi connectivity index (χ0) is 19.0. The predicted molar refractivity (Wildman–Crippen MR) is 107 cm³/mol. The van der Waals surface area contributed by atoms with Gasteiger partial charge in [-0.1, -0.05) is 0 Å². The van der Waals surface area contributed by atoms with Gasteiger partial charge in [-0.25, -0.2) is 0 Å². The lowest BCUT2D eigenvalue weighted by Crippen LogP contribution is -2.31. The third-order valence-electron chi connectivity index (χ3n) is 5.32.